The first-order valence-corrected chi connectivity index (χ1v) is 4.38. The molecule has 0 saturated heterocycles. The van der Waals surface area contributed by atoms with Gasteiger partial charge in [0.05, 0.1) is 0 Å². The third-order valence-corrected chi connectivity index (χ3v) is 2.07. The molecule has 0 aliphatic heterocycles. The molecule has 1 aromatic carbocycles. The van der Waals surface area contributed by atoms with Crippen LogP contribution in [0.4, 0.5) is 17.6 Å². The van der Waals surface area contributed by atoms with Gasteiger partial charge in [-0.1, -0.05) is 12.1 Å². The summed E-state index contributed by atoms with van der Waals surface area (Å²) in [5.41, 5.74) is -0.345. The first-order chi connectivity index (χ1) is 6.82. The van der Waals surface area contributed by atoms with E-state index in [1.54, 1.807) is 0 Å². The monoisotopic (exact) mass is 242 g/mol. The number of halogens is 5. The first-order valence-electron chi connectivity index (χ1n) is 4.00. The minimum absolute atomic E-state index is 0.345. The quantitative estimate of drug-likeness (QED) is 0.638. The van der Waals surface area contributed by atoms with Gasteiger partial charge in [0.15, 0.2) is 11.6 Å². The van der Waals surface area contributed by atoms with Gasteiger partial charge >= 0.3 is 5.38 Å². The molecule has 15 heavy (non-hydrogen) atoms. The van der Waals surface area contributed by atoms with E-state index in [0.29, 0.717) is 0 Å². The molecule has 1 rings (SSSR count). The van der Waals surface area contributed by atoms with Crippen molar-refractivity contribution in [3.05, 3.63) is 35.4 Å². The van der Waals surface area contributed by atoms with Gasteiger partial charge in [0.25, 0.3) is 0 Å². The molecule has 1 N–H and O–H groups in total. The van der Waals surface area contributed by atoms with Crippen LogP contribution < -0.4 is 0 Å². The number of benzene rings is 1. The molecule has 0 aliphatic carbocycles. The molecule has 0 bridgehead atoms. The van der Waals surface area contributed by atoms with E-state index in [9.17, 15) is 17.6 Å². The van der Waals surface area contributed by atoms with Crippen molar-refractivity contribution in [1.82, 2.24) is 0 Å². The molecule has 1 nitrogen and oxygen atoms in total. The van der Waals surface area contributed by atoms with Gasteiger partial charge in [0, 0.05) is 6.42 Å². The Morgan fingerprint density at radius 2 is 1.93 bits per heavy atom. The molecular weight excluding hydrogens is 236 g/mol. The van der Waals surface area contributed by atoms with Crippen LogP contribution in [-0.2, 0) is 6.42 Å². The molecule has 84 valence electrons. The summed E-state index contributed by atoms with van der Waals surface area (Å²) in [7, 11) is 0. The lowest BCUT2D eigenvalue weighted by molar-refractivity contribution is -0.0401. The summed E-state index contributed by atoms with van der Waals surface area (Å²) in [5.74, 6) is -2.41. The second kappa shape index (κ2) is 4.37. The molecular formula is C9H7ClF4O. The van der Waals surface area contributed by atoms with E-state index < -0.39 is 29.5 Å². The third-order valence-electron chi connectivity index (χ3n) is 1.82. The van der Waals surface area contributed by atoms with Crippen molar-refractivity contribution in [2.75, 3.05) is 0 Å². The largest absolute Gasteiger partial charge is 0.385 e. The maximum absolute atomic E-state index is 13.0. The maximum atomic E-state index is 13.0. The SMILES string of the molecule is OC(Cc1cccc(F)c1F)C(F)(F)Cl. The minimum atomic E-state index is -3.86. The van der Waals surface area contributed by atoms with Crippen LogP contribution in [0.3, 0.4) is 0 Å². The topological polar surface area (TPSA) is 20.2 Å². The molecule has 1 atom stereocenters. The number of alkyl halides is 3. The number of aliphatic hydroxyl groups excluding tert-OH is 1. The predicted molar refractivity (Wildman–Crippen MR) is 46.9 cm³/mol. The van der Waals surface area contributed by atoms with Crippen molar-refractivity contribution in [3.8, 4) is 0 Å². The normalized spacial score (nSPS) is 14.0. The van der Waals surface area contributed by atoms with E-state index in [4.69, 9.17) is 5.11 Å². The predicted octanol–water partition coefficient (Wildman–Crippen LogP) is 2.70. The average Bonchev–Trinajstić information content (AvgIpc) is 2.11. The summed E-state index contributed by atoms with van der Waals surface area (Å²) >= 11 is 4.53. The van der Waals surface area contributed by atoms with Crippen molar-refractivity contribution in [3.63, 3.8) is 0 Å². The van der Waals surface area contributed by atoms with Crippen LogP contribution in [0.5, 0.6) is 0 Å². The molecule has 0 aliphatic rings. The fourth-order valence-corrected chi connectivity index (χ4v) is 1.11. The Labute approximate surface area is 88.3 Å². The van der Waals surface area contributed by atoms with Crippen LogP contribution in [0.2, 0.25) is 0 Å². The average molecular weight is 243 g/mol. The summed E-state index contributed by atoms with van der Waals surface area (Å²) < 4.78 is 50.3. The Kier molecular flexibility index (Phi) is 3.57. The molecule has 0 radical (unpaired) electrons. The van der Waals surface area contributed by atoms with E-state index in [2.05, 4.69) is 11.6 Å². The van der Waals surface area contributed by atoms with Gasteiger partial charge in [0.1, 0.15) is 6.10 Å². The van der Waals surface area contributed by atoms with Gasteiger partial charge in [-0.15, -0.1) is 0 Å². The Morgan fingerprint density at radius 1 is 1.33 bits per heavy atom. The van der Waals surface area contributed by atoms with Crippen LogP contribution in [0.15, 0.2) is 18.2 Å². The number of aliphatic hydroxyl groups is 1. The van der Waals surface area contributed by atoms with E-state index in [-0.39, 0.29) is 5.56 Å². The lowest BCUT2D eigenvalue weighted by Gasteiger charge is -2.16. The molecule has 1 unspecified atom stereocenters. The number of hydrogen-bond acceptors (Lipinski definition) is 1. The molecule has 0 amide bonds. The highest BCUT2D eigenvalue weighted by atomic mass is 35.5. The highest BCUT2D eigenvalue weighted by Crippen LogP contribution is 2.26. The van der Waals surface area contributed by atoms with E-state index >= 15 is 0 Å². The summed E-state index contributed by atoms with van der Waals surface area (Å²) in [4.78, 5) is 0. The zero-order chi connectivity index (χ0) is 11.6. The summed E-state index contributed by atoms with van der Waals surface area (Å²) in [6.07, 6.45) is -3.00. The maximum Gasteiger partial charge on any atom is 0.347 e. The van der Waals surface area contributed by atoms with Gasteiger partial charge in [-0.25, -0.2) is 8.78 Å². The summed E-state index contributed by atoms with van der Waals surface area (Å²) in [6, 6.07) is 3.11. The van der Waals surface area contributed by atoms with Crippen LogP contribution in [0, 0.1) is 11.6 Å². The van der Waals surface area contributed by atoms with Crippen molar-refractivity contribution < 1.29 is 22.7 Å². The number of hydrogen-bond donors (Lipinski definition) is 1. The molecule has 0 fully saturated rings. The second-order valence-corrected chi connectivity index (χ2v) is 3.48. The Balaban J connectivity index is 2.86. The summed E-state index contributed by atoms with van der Waals surface area (Å²) in [5, 5.41) is 5.02. The zero-order valence-corrected chi connectivity index (χ0v) is 8.11. The van der Waals surface area contributed by atoms with Crippen molar-refractivity contribution in [1.29, 1.82) is 0 Å². The zero-order valence-electron chi connectivity index (χ0n) is 7.35. The van der Waals surface area contributed by atoms with E-state index in [1.807, 2.05) is 0 Å². The highest BCUT2D eigenvalue weighted by Gasteiger charge is 2.36. The molecule has 6 heteroatoms. The van der Waals surface area contributed by atoms with Crippen molar-refractivity contribution >= 4 is 11.6 Å². The van der Waals surface area contributed by atoms with Crippen LogP contribution in [-0.4, -0.2) is 16.6 Å². The molecule has 1 aromatic rings. The Hall–Kier alpha value is -0.810. The van der Waals surface area contributed by atoms with Crippen molar-refractivity contribution in [2.24, 2.45) is 0 Å². The third kappa shape index (κ3) is 3.07. The van der Waals surface area contributed by atoms with Crippen LogP contribution >= 0.6 is 11.6 Å². The van der Waals surface area contributed by atoms with Gasteiger partial charge in [-0.2, -0.15) is 8.78 Å². The fourth-order valence-electron chi connectivity index (χ4n) is 1.03. The molecule has 0 spiro atoms. The van der Waals surface area contributed by atoms with Gasteiger partial charge in [0.2, 0.25) is 0 Å². The van der Waals surface area contributed by atoms with Gasteiger partial charge in [-0.3, -0.25) is 0 Å². The van der Waals surface area contributed by atoms with Crippen LogP contribution in [0.1, 0.15) is 5.56 Å². The fraction of sp³-hybridized carbons (Fsp3) is 0.333. The van der Waals surface area contributed by atoms with E-state index in [1.165, 1.54) is 0 Å². The van der Waals surface area contributed by atoms with Gasteiger partial charge < -0.3 is 5.11 Å². The standard InChI is InChI=1S/C9H7ClF4O/c10-9(13,14)7(15)4-5-2-1-3-6(11)8(5)12/h1-3,7,15H,4H2. The molecule has 0 heterocycles. The van der Waals surface area contributed by atoms with E-state index in [0.717, 1.165) is 18.2 Å². The number of rotatable bonds is 3. The smallest absolute Gasteiger partial charge is 0.347 e. The Bertz CT molecular complexity index is 350. The van der Waals surface area contributed by atoms with Crippen molar-refractivity contribution in [2.45, 2.75) is 17.9 Å². The highest BCUT2D eigenvalue weighted by molar-refractivity contribution is 6.22. The molecule has 0 aromatic heterocycles. The van der Waals surface area contributed by atoms with Crippen LogP contribution in [0.25, 0.3) is 0 Å². The lowest BCUT2D eigenvalue weighted by atomic mass is 10.1. The first kappa shape index (κ1) is 12.3. The minimum Gasteiger partial charge on any atom is -0.385 e. The molecule has 0 saturated carbocycles. The lowest BCUT2D eigenvalue weighted by Crippen LogP contribution is -2.29. The second-order valence-electron chi connectivity index (χ2n) is 2.97. The Morgan fingerprint density at radius 3 is 2.47 bits per heavy atom. The summed E-state index contributed by atoms with van der Waals surface area (Å²) in [6.45, 7) is 0. The van der Waals surface area contributed by atoms with Gasteiger partial charge in [-0.05, 0) is 23.2 Å².